The molecule has 5 nitrogen and oxygen atoms in total. The van der Waals surface area contributed by atoms with Crippen LogP contribution in [0.15, 0.2) is 23.3 Å². The topological polar surface area (TPSA) is 67.5 Å². The molecule has 1 N–H and O–H groups in total. The number of hydrogen-bond donors (Lipinski definition) is 1. The maximum absolute atomic E-state index is 10.5. The second-order valence-corrected chi connectivity index (χ2v) is 3.76. The van der Waals surface area contributed by atoms with Gasteiger partial charge >= 0.3 is 5.97 Å². The quantitative estimate of drug-likeness (QED) is 0.917. The highest BCUT2D eigenvalue weighted by atomic mass is 79.9. The standard InChI is InChI=1S/C9H8BrN3O2/c10-9-12-6(1-2-8(14)15)7-5-11-3-4-13(7)9/h3-5H,1-2H2,(H,14,15). The van der Waals surface area contributed by atoms with Gasteiger partial charge in [0.15, 0.2) is 4.73 Å². The number of nitrogens with zero attached hydrogens (tertiary/aromatic N) is 3. The Balaban J connectivity index is 2.39. The van der Waals surface area contributed by atoms with Gasteiger partial charge in [0.05, 0.1) is 23.8 Å². The number of fused-ring (bicyclic) bond motifs is 1. The van der Waals surface area contributed by atoms with Gasteiger partial charge in [0, 0.05) is 18.8 Å². The molecule has 2 aromatic rings. The van der Waals surface area contributed by atoms with Crippen LogP contribution in [0.3, 0.4) is 0 Å². The van der Waals surface area contributed by atoms with Crippen molar-refractivity contribution in [2.24, 2.45) is 0 Å². The monoisotopic (exact) mass is 269 g/mol. The van der Waals surface area contributed by atoms with Gasteiger partial charge in [-0.3, -0.25) is 14.2 Å². The van der Waals surface area contributed by atoms with Crippen LogP contribution in [0.1, 0.15) is 12.1 Å². The molecule has 0 atom stereocenters. The van der Waals surface area contributed by atoms with Crippen molar-refractivity contribution in [3.05, 3.63) is 29.0 Å². The molecule has 0 saturated heterocycles. The van der Waals surface area contributed by atoms with Gasteiger partial charge in [-0.25, -0.2) is 4.98 Å². The number of imidazole rings is 1. The number of aryl methyl sites for hydroxylation is 1. The Morgan fingerprint density at radius 1 is 1.60 bits per heavy atom. The zero-order valence-corrected chi connectivity index (χ0v) is 9.31. The number of rotatable bonds is 3. The summed E-state index contributed by atoms with van der Waals surface area (Å²) in [6.07, 6.45) is 5.59. The minimum atomic E-state index is -0.823. The third kappa shape index (κ3) is 1.99. The van der Waals surface area contributed by atoms with Gasteiger partial charge in [0.1, 0.15) is 0 Å². The molecule has 0 unspecified atom stereocenters. The van der Waals surface area contributed by atoms with E-state index in [1.165, 1.54) is 0 Å². The maximum Gasteiger partial charge on any atom is 0.303 e. The molecule has 0 aliphatic rings. The van der Waals surface area contributed by atoms with Crippen LogP contribution in [0.5, 0.6) is 0 Å². The van der Waals surface area contributed by atoms with Gasteiger partial charge in [-0.2, -0.15) is 0 Å². The number of aromatic nitrogens is 3. The van der Waals surface area contributed by atoms with Crippen molar-refractivity contribution in [2.45, 2.75) is 12.8 Å². The third-order valence-corrected chi connectivity index (χ3v) is 2.61. The number of hydrogen-bond acceptors (Lipinski definition) is 3. The molecular weight excluding hydrogens is 262 g/mol. The first-order valence-electron chi connectivity index (χ1n) is 4.36. The molecule has 0 spiro atoms. The Bertz CT molecular complexity index is 509. The smallest absolute Gasteiger partial charge is 0.303 e. The van der Waals surface area contributed by atoms with E-state index >= 15 is 0 Å². The average Bonchev–Trinajstić information content (AvgIpc) is 2.54. The number of halogens is 1. The maximum atomic E-state index is 10.5. The molecule has 0 amide bonds. The van der Waals surface area contributed by atoms with E-state index in [0.29, 0.717) is 11.2 Å². The van der Waals surface area contributed by atoms with Crippen LogP contribution in [0.25, 0.3) is 5.52 Å². The molecule has 0 bridgehead atoms. The van der Waals surface area contributed by atoms with E-state index in [-0.39, 0.29) is 6.42 Å². The van der Waals surface area contributed by atoms with Crippen LogP contribution in [0, 0.1) is 0 Å². The van der Waals surface area contributed by atoms with Gasteiger partial charge in [-0.15, -0.1) is 0 Å². The van der Waals surface area contributed by atoms with E-state index in [9.17, 15) is 4.79 Å². The van der Waals surface area contributed by atoms with Crippen LogP contribution < -0.4 is 0 Å². The van der Waals surface area contributed by atoms with Gasteiger partial charge < -0.3 is 5.11 Å². The predicted octanol–water partition coefficient (Wildman–Crippen LogP) is 1.51. The van der Waals surface area contributed by atoms with E-state index in [4.69, 9.17) is 5.11 Å². The average molecular weight is 270 g/mol. The van der Waals surface area contributed by atoms with Crippen molar-refractivity contribution in [1.82, 2.24) is 14.4 Å². The summed E-state index contributed by atoms with van der Waals surface area (Å²) in [5.41, 5.74) is 1.59. The molecule has 0 aliphatic heterocycles. The fourth-order valence-electron chi connectivity index (χ4n) is 1.37. The van der Waals surface area contributed by atoms with Crippen molar-refractivity contribution in [3.63, 3.8) is 0 Å². The lowest BCUT2D eigenvalue weighted by atomic mass is 10.2. The molecule has 2 heterocycles. The first-order chi connectivity index (χ1) is 7.18. The van der Waals surface area contributed by atoms with Crippen LogP contribution >= 0.6 is 15.9 Å². The Labute approximate surface area is 93.9 Å². The van der Waals surface area contributed by atoms with Gasteiger partial charge in [0.25, 0.3) is 0 Å². The zero-order chi connectivity index (χ0) is 10.8. The first kappa shape index (κ1) is 10.1. The highest BCUT2D eigenvalue weighted by Crippen LogP contribution is 2.17. The molecule has 0 radical (unpaired) electrons. The highest BCUT2D eigenvalue weighted by Gasteiger charge is 2.09. The van der Waals surface area contributed by atoms with E-state index in [0.717, 1.165) is 11.2 Å². The second kappa shape index (κ2) is 3.98. The number of carbonyl (C=O) groups is 1. The van der Waals surface area contributed by atoms with Crippen molar-refractivity contribution in [1.29, 1.82) is 0 Å². The van der Waals surface area contributed by atoms with Gasteiger partial charge in [-0.05, 0) is 15.9 Å². The van der Waals surface area contributed by atoms with Crippen LogP contribution in [0.4, 0.5) is 0 Å². The van der Waals surface area contributed by atoms with Crippen molar-refractivity contribution < 1.29 is 9.90 Å². The molecule has 2 aromatic heterocycles. The SMILES string of the molecule is O=C(O)CCc1nc(Br)n2ccncc12. The fourth-order valence-corrected chi connectivity index (χ4v) is 1.89. The summed E-state index contributed by atoms with van der Waals surface area (Å²) in [6, 6.07) is 0. The second-order valence-electron chi connectivity index (χ2n) is 3.05. The molecule has 15 heavy (non-hydrogen) atoms. The highest BCUT2D eigenvalue weighted by molar-refractivity contribution is 9.10. The summed E-state index contributed by atoms with van der Waals surface area (Å²) in [4.78, 5) is 18.7. The summed E-state index contributed by atoms with van der Waals surface area (Å²) in [6.45, 7) is 0. The lowest BCUT2D eigenvalue weighted by molar-refractivity contribution is -0.136. The molecule has 0 aliphatic carbocycles. The Morgan fingerprint density at radius 2 is 2.40 bits per heavy atom. The van der Waals surface area contributed by atoms with Crippen LogP contribution in [-0.2, 0) is 11.2 Å². The van der Waals surface area contributed by atoms with Crippen molar-refractivity contribution in [2.75, 3.05) is 0 Å². The van der Waals surface area contributed by atoms with E-state index in [1.807, 2.05) is 4.40 Å². The Morgan fingerprint density at radius 3 is 3.13 bits per heavy atom. The van der Waals surface area contributed by atoms with Crippen molar-refractivity contribution in [3.8, 4) is 0 Å². The fraction of sp³-hybridized carbons (Fsp3) is 0.222. The molecule has 2 rings (SSSR count). The summed E-state index contributed by atoms with van der Waals surface area (Å²) in [5.74, 6) is -0.823. The summed E-state index contributed by atoms with van der Waals surface area (Å²) in [5, 5.41) is 8.59. The van der Waals surface area contributed by atoms with Gasteiger partial charge in [0.2, 0.25) is 0 Å². The molecule has 6 heteroatoms. The summed E-state index contributed by atoms with van der Waals surface area (Å²) >= 11 is 3.30. The normalized spacial score (nSPS) is 10.7. The number of aliphatic carboxylic acids is 1. The number of carboxylic acid groups (broad SMARTS) is 1. The van der Waals surface area contributed by atoms with E-state index in [1.54, 1.807) is 18.6 Å². The van der Waals surface area contributed by atoms with Crippen LogP contribution in [0.2, 0.25) is 0 Å². The molecule has 78 valence electrons. The molecule has 0 aromatic carbocycles. The molecular formula is C9H8BrN3O2. The van der Waals surface area contributed by atoms with Crippen molar-refractivity contribution >= 4 is 27.4 Å². The minimum Gasteiger partial charge on any atom is -0.481 e. The zero-order valence-electron chi connectivity index (χ0n) is 7.72. The first-order valence-corrected chi connectivity index (χ1v) is 5.16. The Kier molecular flexibility index (Phi) is 2.68. The number of carboxylic acids is 1. The van der Waals surface area contributed by atoms with E-state index in [2.05, 4.69) is 25.9 Å². The predicted molar refractivity (Wildman–Crippen MR) is 56.6 cm³/mol. The van der Waals surface area contributed by atoms with E-state index < -0.39 is 5.97 Å². The summed E-state index contributed by atoms with van der Waals surface area (Å²) < 4.78 is 2.49. The molecule has 0 fully saturated rings. The minimum absolute atomic E-state index is 0.0774. The third-order valence-electron chi connectivity index (χ3n) is 2.06. The van der Waals surface area contributed by atoms with Crippen LogP contribution in [-0.4, -0.2) is 25.4 Å². The lowest BCUT2D eigenvalue weighted by Crippen LogP contribution is -1.98. The lowest BCUT2D eigenvalue weighted by Gasteiger charge is -1.95. The Hall–Kier alpha value is -1.43. The summed E-state index contributed by atoms with van der Waals surface area (Å²) in [7, 11) is 0. The largest absolute Gasteiger partial charge is 0.481 e. The molecule has 0 saturated carbocycles. The van der Waals surface area contributed by atoms with Gasteiger partial charge in [-0.1, -0.05) is 0 Å².